The molecule has 0 aliphatic heterocycles. The van der Waals surface area contributed by atoms with Gasteiger partial charge in [-0.2, -0.15) is 0 Å². The second-order valence-corrected chi connectivity index (χ2v) is 5.32. The largest absolute Gasteiger partial charge is 0.481 e. The minimum atomic E-state index is -0.632. The van der Waals surface area contributed by atoms with Crippen molar-refractivity contribution in [3.63, 3.8) is 0 Å². The molecule has 4 nitrogen and oxygen atoms in total. The van der Waals surface area contributed by atoms with E-state index >= 15 is 0 Å². The van der Waals surface area contributed by atoms with Crippen molar-refractivity contribution in [1.82, 2.24) is 4.98 Å². The van der Waals surface area contributed by atoms with Crippen molar-refractivity contribution < 1.29 is 9.53 Å². The van der Waals surface area contributed by atoms with Crippen LogP contribution in [0.25, 0.3) is 0 Å². The first kappa shape index (κ1) is 15.3. The molecule has 110 valence electrons. The van der Waals surface area contributed by atoms with Crippen LogP contribution in [0.1, 0.15) is 18.1 Å². The first-order chi connectivity index (χ1) is 9.95. The van der Waals surface area contributed by atoms with E-state index in [2.05, 4.69) is 10.3 Å². The van der Waals surface area contributed by atoms with Crippen LogP contribution in [-0.4, -0.2) is 17.0 Å². The van der Waals surface area contributed by atoms with E-state index in [1.165, 1.54) is 0 Å². The number of carbonyl (C=O) groups excluding carboxylic acids is 1. The summed E-state index contributed by atoms with van der Waals surface area (Å²) in [7, 11) is 0. The number of aryl methyl sites for hydroxylation is 2. The number of amides is 1. The average Bonchev–Trinajstić information content (AvgIpc) is 2.44. The summed E-state index contributed by atoms with van der Waals surface area (Å²) in [5.74, 6) is 0.897. The molecule has 0 aliphatic carbocycles. The Balaban J connectivity index is 2.00. The van der Waals surface area contributed by atoms with Crippen molar-refractivity contribution in [1.29, 1.82) is 0 Å². The molecule has 0 saturated heterocycles. The van der Waals surface area contributed by atoms with E-state index in [-0.39, 0.29) is 5.91 Å². The lowest BCUT2D eigenvalue weighted by atomic mass is 10.2. The third-order valence-electron chi connectivity index (χ3n) is 2.97. The van der Waals surface area contributed by atoms with Crippen molar-refractivity contribution in [2.24, 2.45) is 0 Å². The lowest BCUT2D eigenvalue weighted by Crippen LogP contribution is -2.30. The van der Waals surface area contributed by atoms with Crippen molar-refractivity contribution in [3.05, 3.63) is 52.7 Å². The van der Waals surface area contributed by atoms with Crippen LogP contribution in [0.15, 0.2) is 36.5 Å². The summed E-state index contributed by atoms with van der Waals surface area (Å²) in [6, 6.07) is 8.93. The molecule has 2 aromatic rings. The highest BCUT2D eigenvalue weighted by Crippen LogP contribution is 2.23. The molecule has 0 bridgehead atoms. The number of benzene rings is 1. The van der Waals surface area contributed by atoms with Crippen LogP contribution in [0.5, 0.6) is 5.75 Å². The second-order valence-electron chi connectivity index (χ2n) is 4.88. The molecule has 21 heavy (non-hydrogen) atoms. The van der Waals surface area contributed by atoms with Crippen LogP contribution in [-0.2, 0) is 4.79 Å². The summed E-state index contributed by atoms with van der Waals surface area (Å²) < 4.78 is 5.66. The van der Waals surface area contributed by atoms with E-state index in [0.717, 1.165) is 11.1 Å². The molecule has 1 amide bonds. The molecule has 1 atom stereocenters. The maximum Gasteiger partial charge on any atom is 0.266 e. The van der Waals surface area contributed by atoms with Gasteiger partial charge in [-0.25, -0.2) is 4.98 Å². The zero-order chi connectivity index (χ0) is 15.4. The van der Waals surface area contributed by atoms with Gasteiger partial charge in [0.25, 0.3) is 5.91 Å². The summed E-state index contributed by atoms with van der Waals surface area (Å²) in [5.41, 5.74) is 1.92. The smallest absolute Gasteiger partial charge is 0.266 e. The number of hydrogen-bond donors (Lipinski definition) is 1. The van der Waals surface area contributed by atoms with E-state index in [1.807, 2.05) is 19.9 Å². The van der Waals surface area contributed by atoms with Crippen LogP contribution in [0.2, 0.25) is 5.02 Å². The summed E-state index contributed by atoms with van der Waals surface area (Å²) in [6.07, 6.45) is 1.07. The first-order valence-electron chi connectivity index (χ1n) is 6.62. The van der Waals surface area contributed by atoms with E-state index in [9.17, 15) is 4.79 Å². The van der Waals surface area contributed by atoms with E-state index in [1.54, 1.807) is 37.4 Å². The Hall–Kier alpha value is -2.07. The second kappa shape index (κ2) is 6.59. The van der Waals surface area contributed by atoms with Crippen LogP contribution in [0.4, 0.5) is 5.82 Å². The van der Waals surface area contributed by atoms with Crippen LogP contribution >= 0.6 is 11.6 Å². The fraction of sp³-hybridized carbons (Fsp3) is 0.250. The molecule has 1 unspecified atom stereocenters. The number of ether oxygens (including phenoxy) is 1. The normalized spacial score (nSPS) is 11.8. The number of hydrogen-bond acceptors (Lipinski definition) is 3. The maximum absolute atomic E-state index is 12.1. The third kappa shape index (κ3) is 4.20. The Morgan fingerprint density at radius 3 is 2.67 bits per heavy atom. The van der Waals surface area contributed by atoms with Crippen LogP contribution in [0, 0.1) is 13.8 Å². The van der Waals surface area contributed by atoms with E-state index in [0.29, 0.717) is 16.6 Å². The minimum absolute atomic E-state index is 0.249. The highest BCUT2D eigenvalue weighted by Gasteiger charge is 2.16. The Morgan fingerprint density at radius 2 is 2.05 bits per heavy atom. The SMILES string of the molecule is Cc1ccc(NC(=O)C(C)Oc2ccc(Cl)cc2C)nc1. The predicted molar refractivity (Wildman–Crippen MR) is 83.9 cm³/mol. The maximum atomic E-state index is 12.1. The van der Waals surface area contributed by atoms with Gasteiger partial charge >= 0.3 is 0 Å². The highest BCUT2D eigenvalue weighted by atomic mass is 35.5. The number of anilines is 1. The number of nitrogens with zero attached hydrogens (tertiary/aromatic N) is 1. The van der Waals surface area contributed by atoms with Gasteiger partial charge in [-0.3, -0.25) is 4.79 Å². The van der Waals surface area contributed by atoms with E-state index in [4.69, 9.17) is 16.3 Å². The molecule has 0 radical (unpaired) electrons. The Bertz CT molecular complexity index is 641. The van der Waals surface area contributed by atoms with Crippen molar-refractivity contribution >= 4 is 23.3 Å². The number of aromatic nitrogens is 1. The third-order valence-corrected chi connectivity index (χ3v) is 3.21. The van der Waals surface area contributed by atoms with E-state index < -0.39 is 6.10 Å². The molecule has 1 aromatic carbocycles. The molecule has 1 aromatic heterocycles. The number of nitrogens with one attached hydrogen (secondary N) is 1. The number of halogens is 1. The van der Waals surface area contributed by atoms with Gasteiger partial charge in [0.2, 0.25) is 0 Å². The van der Waals surface area contributed by atoms with Gasteiger partial charge < -0.3 is 10.1 Å². The van der Waals surface area contributed by atoms with Crippen LogP contribution in [0.3, 0.4) is 0 Å². The number of pyridine rings is 1. The topological polar surface area (TPSA) is 51.2 Å². The van der Waals surface area contributed by atoms with Gasteiger partial charge in [-0.05, 0) is 56.2 Å². The van der Waals surface area contributed by atoms with Gasteiger partial charge in [0.05, 0.1) is 0 Å². The molecule has 2 rings (SSSR count). The summed E-state index contributed by atoms with van der Waals surface area (Å²) >= 11 is 5.89. The standard InChI is InChI=1S/C16H17ClN2O2/c1-10-4-7-15(18-9-10)19-16(20)12(3)21-14-6-5-13(17)8-11(14)2/h4-9,12H,1-3H3,(H,18,19,20). The summed E-state index contributed by atoms with van der Waals surface area (Å²) in [5, 5.41) is 3.36. The zero-order valence-corrected chi connectivity index (χ0v) is 12.9. The molecule has 0 saturated carbocycles. The molecular weight excluding hydrogens is 288 g/mol. The van der Waals surface area contributed by atoms with Gasteiger partial charge in [0.1, 0.15) is 11.6 Å². The molecule has 1 N–H and O–H groups in total. The molecule has 0 aliphatic rings. The number of carbonyl (C=O) groups is 1. The average molecular weight is 305 g/mol. The summed E-state index contributed by atoms with van der Waals surface area (Å²) in [4.78, 5) is 16.2. The molecular formula is C16H17ClN2O2. The monoisotopic (exact) mass is 304 g/mol. The molecule has 0 spiro atoms. The lowest BCUT2D eigenvalue weighted by Gasteiger charge is -2.16. The number of rotatable bonds is 4. The Morgan fingerprint density at radius 1 is 1.29 bits per heavy atom. The Labute approximate surface area is 129 Å². The van der Waals surface area contributed by atoms with Gasteiger partial charge in [-0.1, -0.05) is 17.7 Å². The van der Waals surface area contributed by atoms with Crippen molar-refractivity contribution in [2.75, 3.05) is 5.32 Å². The van der Waals surface area contributed by atoms with Gasteiger partial charge in [0.15, 0.2) is 6.10 Å². The van der Waals surface area contributed by atoms with Crippen molar-refractivity contribution in [3.8, 4) is 5.75 Å². The zero-order valence-electron chi connectivity index (χ0n) is 12.2. The fourth-order valence-corrected chi connectivity index (χ4v) is 1.99. The van der Waals surface area contributed by atoms with Gasteiger partial charge in [-0.15, -0.1) is 0 Å². The summed E-state index contributed by atoms with van der Waals surface area (Å²) in [6.45, 7) is 5.51. The molecule has 5 heteroatoms. The lowest BCUT2D eigenvalue weighted by molar-refractivity contribution is -0.122. The highest BCUT2D eigenvalue weighted by molar-refractivity contribution is 6.30. The quantitative estimate of drug-likeness (QED) is 0.935. The van der Waals surface area contributed by atoms with Crippen LogP contribution < -0.4 is 10.1 Å². The van der Waals surface area contributed by atoms with Crippen molar-refractivity contribution in [2.45, 2.75) is 26.9 Å². The minimum Gasteiger partial charge on any atom is -0.481 e. The first-order valence-corrected chi connectivity index (χ1v) is 7.00. The molecule has 0 fully saturated rings. The predicted octanol–water partition coefficient (Wildman–Crippen LogP) is 3.76. The van der Waals surface area contributed by atoms with Gasteiger partial charge in [0, 0.05) is 11.2 Å². The molecule has 1 heterocycles. The fourth-order valence-electron chi connectivity index (χ4n) is 1.76. The Kier molecular flexibility index (Phi) is 4.81.